The Morgan fingerprint density at radius 1 is 1.23 bits per heavy atom. The van der Waals surface area contributed by atoms with E-state index in [1.807, 2.05) is 0 Å². The average Bonchev–Trinajstić information content (AvgIpc) is 2.42. The van der Waals surface area contributed by atoms with Crippen LogP contribution in [0.5, 0.6) is 0 Å². The molecule has 0 saturated heterocycles. The van der Waals surface area contributed by atoms with E-state index >= 15 is 0 Å². The molecule has 1 rings (SSSR count). The standard InChI is InChI=1S/C11H18FN/c1-13-9-8-11(12)10-6-4-2-3-5-7-10/h10-11H,2-9H2. The van der Waals surface area contributed by atoms with Gasteiger partial charge in [0.05, 0.1) is 6.42 Å². The molecule has 74 valence electrons. The molecule has 1 aliphatic rings. The predicted octanol–water partition coefficient (Wildman–Crippen LogP) is 3.60. The molecule has 2 heteroatoms. The third kappa shape index (κ3) is 3.76. The molecule has 1 nitrogen and oxygen atoms in total. The van der Waals surface area contributed by atoms with Crippen molar-refractivity contribution in [1.82, 2.24) is 0 Å². The molecule has 0 aliphatic heterocycles. The lowest BCUT2D eigenvalue weighted by atomic mass is 9.93. The lowest BCUT2D eigenvalue weighted by molar-refractivity contribution is 0.201. The predicted molar refractivity (Wildman–Crippen MR) is 52.2 cm³/mol. The van der Waals surface area contributed by atoms with Crippen LogP contribution >= 0.6 is 0 Å². The Bertz CT molecular complexity index is 165. The smallest absolute Gasteiger partial charge is 0.217 e. The highest BCUT2D eigenvalue weighted by Crippen LogP contribution is 2.28. The maximum Gasteiger partial charge on any atom is 0.217 e. The maximum atomic E-state index is 13.5. The second kappa shape index (κ2) is 5.96. The molecule has 0 aromatic rings. The van der Waals surface area contributed by atoms with E-state index in [0.29, 0.717) is 13.0 Å². The lowest BCUT2D eigenvalue weighted by Crippen LogP contribution is -2.16. The molecule has 0 heterocycles. The number of nitrogens with zero attached hydrogens (tertiary/aromatic N) is 1. The Hall–Kier alpha value is -0.580. The quantitative estimate of drug-likeness (QED) is 0.465. The molecule has 0 N–H and O–H groups in total. The average molecular weight is 183 g/mol. The summed E-state index contributed by atoms with van der Waals surface area (Å²) in [5.74, 6) is 0.254. The first kappa shape index (κ1) is 10.5. The fraction of sp³-hybridized carbons (Fsp3) is 0.909. The van der Waals surface area contributed by atoms with Gasteiger partial charge in [0.2, 0.25) is 6.54 Å². The Morgan fingerprint density at radius 2 is 1.85 bits per heavy atom. The largest absolute Gasteiger partial charge is 0.317 e. The van der Waals surface area contributed by atoms with Crippen LogP contribution < -0.4 is 0 Å². The van der Waals surface area contributed by atoms with Crippen LogP contribution in [0.2, 0.25) is 0 Å². The van der Waals surface area contributed by atoms with E-state index < -0.39 is 6.17 Å². The number of hydrogen-bond acceptors (Lipinski definition) is 0. The van der Waals surface area contributed by atoms with E-state index in [1.54, 1.807) is 0 Å². The highest BCUT2D eigenvalue weighted by molar-refractivity contribution is 4.75. The molecule has 1 saturated carbocycles. The Balaban J connectivity index is 2.27. The van der Waals surface area contributed by atoms with E-state index in [9.17, 15) is 4.39 Å². The molecular formula is C11H18FN. The zero-order valence-electron chi connectivity index (χ0n) is 8.14. The zero-order chi connectivity index (χ0) is 9.52. The van der Waals surface area contributed by atoms with Crippen molar-refractivity contribution in [1.29, 1.82) is 0 Å². The van der Waals surface area contributed by atoms with Gasteiger partial charge >= 0.3 is 0 Å². The summed E-state index contributed by atoms with van der Waals surface area (Å²) in [5, 5.41) is 0. The Morgan fingerprint density at radius 3 is 2.38 bits per heavy atom. The van der Waals surface area contributed by atoms with Gasteiger partial charge in [0.1, 0.15) is 6.17 Å². The summed E-state index contributed by atoms with van der Waals surface area (Å²) in [4.78, 5) is 3.20. The van der Waals surface area contributed by atoms with Crippen LogP contribution in [-0.4, -0.2) is 12.7 Å². The van der Waals surface area contributed by atoms with Crippen LogP contribution in [0.3, 0.4) is 0 Å². The van der Waals surface area contributed by atoms with Crippen molar-refractivity contribution < 1.29 is 4.39 Å². The van der Waals surface area contributed by atoms with Crippen molar-refractivity contribution >= 4 is 0 Å². The highest BCUT2D eigenvalue weighted by atomic mass is 19.1. The van der Waals surface area contributed by atoms with Crippen molar-refractivity contribution in [3.8, 4) is 0 Å². The summed E-state index contributed by atoms with van der Waals surface area (Å²) < 4.78 is 13.5. The van der Waals surface area contributed by atoms with Crippen LogP contribution in [0.15, 0.2) is 0 Å². The highest BCUT2D eigenvalue weighted by Gasteiger charge is 2.22. The number of alkyl halides is 1. The molecular weight excluding hydrogens is 165 g/mol. The zero-order valence-corrected chi connectivity index (χ0v) is 8.14. The van der Waals surface area contributed by atoms with Gasteiger partial charge in [-0.1, -0.05) is 25.7 Å². The van der Waals surface area contributed by atoms with Gasteiger partial charge in [-0.05, 0) is 18.8 Å². The molecule has 1 aliphatic carbocycles. The summed E-state index contributed by atoms with van der Waals surface area (Å²) in [6.45, 7) is 6.97. The number of halogens is 1. The summed E-state index contributed by atoms with van der Waals surface area (Å²) in [6.07, 6.45) is 6.73. The van der Waals surface area contributed by atoms with Crippen LogP contribution in [0.25, 0.3) is 4.85 Å². The summed E-state index contributed by atoms with van der Waals surface area (Å²) >= 11 is 0. The van der Waals surface area contributed by atoms with Crippen LogP contribution in [-0.2, 0) is 0 Å². The van der Waals surface area contributed by atoms with Crippen LogP contribution in [0.1, 0.15) is 44.9 Å². The maximum absolute atomic E-state index is 13.5. The minimum Gasteiger partial charge on any atom is -0.317 e. The summed E-state index contributed by atoms with van der Waals surface area (Å²) in [7, 11) is 0. The van der Waals surface area contributed by atoms with E-state index in [-0.39, 0.29) is 5.92 Å². The molecule has 0 bridgehead atoms. The molecule has 0 amide bonds. The first-order chi connectivity index (χ1) is 6.34. The number of hydrogen-bond donors (Lipinski definition) is 0. The molecule has 0 radical (unpaired) electrons. The number of rotatable bonds is 3. The third-order valence-corrected chi connectivity index (χ3v) is 2.93. The molecule has 0 spiro atoms. The van der Waals surface area contributed by atoms with E-state index in [1.165, 1.54) is 25.7 Å². The minimum absolute atomic E-state index is 0.254. The molecule has 13 heavy (non-hydrogen) atoms. The van der Waals surface area contributed by atoms with Gasteiger partial charge in [0.15, 0.2) is 0 Å². The van der Waals surface area contributed by atoms with Gasteiger partial charge in [-0.15, -0.1) is 0 Å². The molecule has 0 aromatic carbocycles. The van der Waals surface area contributed by atoms with Crippen molar-refractivity contribution in [2.45, 2.75) is 51.1 Å². The van der Waals surface area contributed by atoms with Gasteiger partial charge < -0.3 is 4.85 Å². The summed E-state index contributed by atoms with van der Waals surface area (Å²) in [6, 6.07) is 0. The molecule has 1 atom stereocenters. The van der Waals surface area contributed by atoms with Gasteiger partial charge in [0.25, 0.3) is 0 Å². The second-order valence-electron chi connectivity index (χ2n) is 3.94. The van der Waals surface area contributed by atoms with E-state index in [2.05, 4.69) is 4.85 Å². The SMILES string of the molecule is [C-]#[N+]CCC(F)C1CCCCCC1. The fourth-order valence-corrected chi connectivity index (χ4v) is 2.10. The second-order valence-corrected chi connectivity index (χ2v) is 3.94. The van der Waals surface area contributed by atoms with E-state index in [0.717, 1.165) is 12.8 Å². The van der Waals surface area contributed by atoms with Gasteiger partial charge in [0, 0.05) is 0 Å². The minimum atomic E-state index is -0.716. The monoisotopic (exact) mass is 183 g/mol. The van der Waals surface area contributed by atoms with E-state index in [4.69, 9.17) is 6.57 Å². The Labute approximate surface area is 80.2 Å². The molecule has 0 aromatic heterocycles. The normalized spacial score (nSPS) is 21.8. The lowest BCUT2D eigenvalue weighted by Gasteiger charge is -2.16. The van der Waals surface area contributed by atoms with Gasteiger partial charge in [-0.3, -0.25) is 0 Å². The van der Waals surface area contributed by atoms with Gasteiger partial charge in [-0.2, -0.15) is 0 Å². The van der Waals surface area contributed by atoms with Crippen molar-refractivity contribution in [2.75, 3.05) is 6.54 Å². The molecule has 1 unspecified atom stereocenters. The first-order valence-electron chi connectivity index (χ1n) is 5.32. The van der Waals surface area contributed by atoms with Crippen LogP contribution in [0.4, 0.5) is 4.39 Å². The third-order valence-electron chi connectivity index (χ3n) is 2.93. The van der Waals surface area contributed by atoms with Crippen molar-refractivity contribution in [3.05, 3.63) is 11.4 Å². The van der Waals surface area contributed by atoms with Gasteiger partial charge in [-0.25, -0.2) is 11.0 Å². The molecule has 1 fully saturated rings. The van der Waals surface area contributed by atoms with Crippen molar-refractivity contribution in [2.24, 2.45) is 5.92 Å². The van der Waals surface area contributed by atoms with Crippen LogP contribution in [0, 0.1) is 12.5 Å². The fourth-order valence-electron chi connectivity index (χ4n) is 2.10. The summed E-state index contributed by atoms with van der Waals surface area (Å²) in [5.41, 5.74) is 0. The van der Waals surface area contributed by atoms with Crippen molar-refractivity contribution in [3.63, 3.8) is 0 Å². The first-order valence-corrected chi connectivity index (χ1v) is 5.32. The topological polar surface area (TPSA) is 4.36 Å². The Kier molecular flexibility index (Phi) is 4.82.